The second kappa shape index (κ2) is 4.47. The van der Waals surface area contributed by atoms with Crippen LogP contribution in [-0.2, 0) is 0 Å². The molecule has 0 radical (unpaired) electrons. The average Bonchev–Trinajstić information content (AvgIpc) is 2.25. The number of nitrogen functional groups attached to an aromatic ring is 1. The maximum atomic E-state index is 5.76. The number of anilines is 1. The van der Waals surface area contributed by atoms with Gasteiger partial charge in [-0.15, -0.1) is 0 Å². The van der Waals surface area contributed by atoms with E-state index in [-0.39, 0.29) is 6.10 Å². The third-order valence-electron chi connectivity index (χ3n) is 2.94. The molecule has 0 aromatic carbocycles. The van der Waals surface area contributed by atoms with Crippen LogP contribution < -0.4 is 10.5 Å². The molecule has 1 heterocycles. The fraction of sp³-hybridized carbons (Fsp3) is 0.636. The van der Waals surface area contributed by atoms with Crippen molar-refractivity contribution in [1.82, 2.24) is 9.97 Å². The van der Waals surface area contributed by atoms with Crippen LogP contribution in [0.2, 0.25) is 0 Å². The molecule has 82 valence electrons. The zero-order valence-corrected chi connectivity index (χ0v) is 9.02. The monoisotopic (exact) mass is 207 g/mol. The maximum Gasteiger partial charge on any atom is 0.240 e. The van der Waals surface area contributed by atoms with Crippen LogP contribution in [0.3, 0.4) is 0 Å². The summed E-state index contributed by atoms with van der Waals surface area (Å²) >= 11 is 0. The zero-order chi connectivity index (χ0) is 10.7. The number of ether oxygens (including phenoxy) is 1. The normalized spacial score (nSPS) is 26.2. The van der Waals surface area contributed by atoms with Crippen LogP contribution in [-0.4, -0.2) is 16.1 Å². The van der Waals surface area contributed by atoms with Gasteiger partial charge in [0.15, 0.2) is 0 Å². The topological polar surface area (TPSA) is 61.0 Å². The summed E-state index contributed by atoms with van der Waals surface area (Å²) in [5, 5.41) is 0. The lowest BCUT2D eigenvalue weighted by atomic mass is 9.89. The molecule has 1 fully saturated rings. The predicted octanol–water partition coefficient (Wildman–Crippen LogP) is 2.02. The Kier molecular flexibility index (Phi) is 3.04. The van der Waals surface area contributed by atoms with Crippen molar-refractivity contribution >= 4 is 5.69 Å². The van der Waals surface area contributed by atoms with Gasteiger partial charge in [0.25, 0.3) is 0 Å². The molecular formula is C11H17N3O. The van der Waals surface area contributed by atoms with Crippen LogP contribution in [0.4, 0.5) is 5.69 Å². The summed E-state index contributed by atoms with van der Waals surface area (Å²) < 4.78 is 5.76. The van der Waals surface area contributed by atoms with E-state index in [9.17, 15) is 0 Å². The highest BCUT2D eigenvalue weighted by atomic mass is 16.5. The van der Waals surface area contributed by atoms with Crippen molar-refractivity contribution in [1.29, 1.82) is 0 Å². The minimum atomic E-state index is 0.276. The SMILES string of the molecule is CC1CCC(Oc2ncncc2N)CC1. The first-order valence-electron chi connectivity index (χ1n) is 5.48. The molecule has 0 aliphatic heterocycles. The maximum absolute atomic E-state index is 5.76. The van der Waals surface area contributed by atoms with E-state index in [2.05, 4.69) is 16.9 Å². The van der Waals surface area contributed by atoms with E-state index in [1.807, 2.05) is 0 Å². The number of aromatic nitrogens is 2. The first-order chi connectivity index (χ1) is 7.25. The van der Waals surface area contributed by atoms with Gasteiger partial charge in [-0.1, -0.05) is 6.92 Å². The quantitative estimate of drug-likeness (QED) is 0.805. The molecule has 1 saturated carbocycles. The van der Waals surface area contributed by atoms with Crippen LogP contribution in [0.1, 0.15) is 32.6 Å². The summed E-state index contributed by atoms with van der Waals surface area (Å²) in [4.78, 5) is 7.87. The molecule has 0 amide bonds. The highest BCUT2D eigenvalue weighted by molar-refractivity contribution is 5.44. The van der Waals surface area contributed by atoms with Crippen molar-refractivity contribution in [3.63, 3.8) is 0 Å². The van der Waals surface area contributed by atoms with E-state index in [0.29, 0.717) is 11.6 Å². The predicted molar refractivity (Wildman–Crippen MR) is 58.5 cm³/mol. The van der Waals surface area contributed by atoms with E-state index in [1.54, 1.807) is 6.20 Å². The summed E-state index contributed by atoms with van der Waals surface area (Å²) in [5.41, 5.74) is 6.24. The summed E-state index contributed by atoms with van der Waals surface area (Å²) in [6.45, 7) is 2.29. The Labute approximate surface area is 89.9 Å². The Hall–Kier alpha value is -1.32. The molecule has 0 bridgehead atoms. The third kappa shape index (κ3) is 2.58. The lowest BCUT2D eigenvalue weighted by Gasteiger charge is -2.26. The van der Waals surface area contributed by atoms with Crippen LogP contribution in [0, 0.1) is 5.92 Å². The molecule has 4 nitrogen and oxygen atoms in total. The van der Waals surface area contributed by atoms with Crippen molar-refractivity contribution in [2.24, 2.45) is 5.92 Å². The Morgan fingerprint density at radius 2 is 2.07 bits per heavy atom. The highest BCUT2D eigenvalue weighted by Gasteiger charge is 2.20. The third-order valence-corrected chi connectivity index (χ3v) is 2.94. The molecular weight excluding hydrogens is 190 g/mol. The molecule has 2 N–H and O–H groups in total. The Balaban J connectivity index is 1.95. The summed E-state index contributed by atoms with van der Waals surface area (Å²) in [7, 11) is 0. The number of hydrogen-bond donors (Lipinski definition) is 1. The fourth-order valence-electron chi connectivity index (χ4n) is 1.93. The lowest BCUT2D eigenvalue weighted by Crippen LogP contribution is -2.23. The minimum Gasteiger partial charge on any atom is -0.473 e. The molecule has 0 unspecified atom stereocenters. The molecule has 1 aliphatic carbocycles. The first-order valence-corrected chi connectivity index (χ1v) is 5.48. The molecule has 2 rings (SSSR count). The Morgan fingerprint density at radius 3 is 2.73 bits per heavy atom. The van der Waals surface area contributed by atoms with Crippen LogP contribution in [0.5, 0.6) is 5.88 Å². The second-order valence-electron chi connectivity index (χ2n) is 4.28. The molecule has 0 saturated heterocycles. The number of nitrogens with two attached hydrogens (primary N) is 1. The van der Waals surface area contributed by atoms with E-state index in [1.165, 1.54) is 19.2 Å². The van der Waals surface area contributed by atoms with Gasteiger partial charge < -0.3 is 10.5 Å². The molecule has 1 aliphatic rings. The van der Waals surface area contributed by atoms with Gasteiger partial charge in [-0.2, -0.15) is 4.98 Å². The summed E-state index contributed by atoms with van der Waals surface area (Å²) in [6.07, 6.45) is 7.99. The zero-order valence-electron chi connectivity index (χ0n) is 9.02. The van der Waals surface area contributed by atoms with Crippen LogP contribution >= 0.6 is 0 Å². The Morgan fingerprint density at radius 1 is 1.33 bits per heavy atom. The smallest absolute Gasteiger partial charge is 0.240 e. The van der Waals surface area contributed by atoms with Crippen molar-refractivity contribution in [2.45, 2.75) is 38.7 Å². The second-order valence-corrected chi connectivity index (χ2v) is 4.28. The van der Waals surface area contributed by atoms with Crippen molar-refractivity contribution in [2.75, 3.05) is 5.73 Å². The van der Waals surface area contributed by atoms with Gasteiger partial charge in [0.2, 0.25) is 5.88 Å². The number of hydrogen-bond acceptors (Lipinski definition) is 4. The van der Waals surface area contributed by atoms with Gasteiger partial charge in [-0.25, -0.2) is 4.98 Å². The van der Waals surface area contributed by atoms with E-state index in [0.717, 1.165) is 18.8 Å². The molecule has 0 atom stereocenters. The number of rotatable bonds is 2. The standard InChI is InChI=1S/C11H17N3O/c1-8-2-4-9(5-3-8)15-11-10(12)6-13-7-14-11/h6-9H,2-5,12H2,1H3. The van der Waals surface area contributed by atoms with Gasteiger partial charge in [0.1, 0.15) is 18.1 Å². The van der Waals surface area contributed by atoms with Crippen molar-refractivity contribution in [3.8, 4) is 5.88 Å². The van der Waals surface area contributed by atoms with E-state index in [4.69, 9.17) is 10.5 Å². The van der Waals surface area contributed by atoms with Crippen molar-refractivity contribution in [3.05, 3.63) is 12.5 Å². The van der Waals surface area contributed by atoms with Gasteiger partial charge >= 0.3 is 0 Å². The van der Waals surface area contributed by atoms with Crippen molar-refractivity contribution < 1.29 is 4.74 Å². The van der Waals surface area contributed by atoms with Gasteiger partial charge in [0.05, 0.1) is 6.20 Å². The summed E-state index contributed by atoms with van der Waals surface area (Å²) in [5.74, 6) is 1.36. The molecule has 1 aromatic heterocycles. The largest absolute Gasteiger partial charge is 0.473 e. The van der Waals surface area contributed by atoms with Crippen LogP contribution in [0.25, 0.3) is 0 Å². The molecule has 4 heteroatoms. The molecule has 1 aromatic rings. The lowest BCUT2D eigenvalue weighted by molar-refractivity contribution is 0.131. The van der Waals surface area contributed by atoms with Gasteiger partial charge in [-0.3, -0.25) is 0 Å². The van der Waals surface area contributed by atoms with Gasteiger partial charge in [0, 0.05) is 0 Å². The minimum absolute atomic E-state index is 0.276. The van der Waals surface area contributed by atoms with Gasteiger partial charge in [-0.05, 0) is 31.6 Å². The fourth-order valence-corrected chi connectivity index (χ4v) is 1.93. The van der Waals surface area contributed by atoms with Crippen LogP contribution in [0.15, 0.2) is 12.5 Å². The summed E-state index contributed by atoms with van der Waals surface area (Å²) in [6, 6.07) is 0. The Bertz CT molecular complexity index is 321. The van der Waals surface area contributed by atoms with E-state index >= 15 is 0 Å². The molecule has 0 spiro atoms. The molecule has 15 heavy (non-hydrogen) atoms. The first kappa shape index (κ1) is 10.2. The van der Waals surface area contributed by atoms with E-state index < -0.39 is 0 Å². The average molecular weight is 207 g/mol. The highest BCUT2D eigenvalue weighted by Crippen LogP contribution is 2.27. The number of nitrogens with zero attached hydrogens (tertiary/aromatic N) is 2.